The molecule has 1 unspecified atom stereocenters. The van der Waals surface area contributed by atoms with Gasteiger partial charge in [0.15, 0.2) is 0 Å². The van der Waals surface area contributed by atoms with Crippen LogP contribution < -0.4 is 10.2 Å². The first-order valence-electron chi connectivity index (χ1n) is 7.10. The van der Waals surface area contributed by atoms with Crippen molar-refractivity contribution in [3.8, 4) is 6.07 Å². The number of rotatable bonds is 5. The molecule has 0 aromatic heterocycles. The second kappa shape index (κ2) is 6.92. The van der Waals surface area contributed by atoms with Crippen molar-refractivity contribution in [2.45, 2.75) is 19.5 Å². The lowest BCUT2D eigenvalue weighted by Crippen LogP contribution is -2.18. The number of nitrogens with one attached hydrogen (secondary N) is 1. The lowest BCUT2D eigenvalue weighted by Gasteiger charge is -2.16. The van der Waals surface area contributed by atoms with Crippen molar-refractivity contribution in [1.29, 1.82) is 5.26 Å². The van der Waals surface area contributed by atoms with Crippen molar-refractivity contribution < 1.29 is 0 Å². The van der Waals surface area contributed by atoms with E-state index in [2.05, 4.69) is 47.5 Å². The summed E-state index contributed by atoms with van der Waals surface area (Å²) in [6.07, 6.45) is 0. The second-order valence-electron chi connectivity index (χ2n) is 5.40. The molecule has 108 valence electrons. The normalized spacial score (nSPS) is 11.7. The highest BCUT2D eigenvalue weighted by Crippen LogP contribution is 2.15. The number of anilines is 1. The monoisotopic (exact) mass is 279 g/mol. The maximum absolute atomic E-state index is 8.81. The second-order valence-corrected chi connectivity index (χ2v) is 5.40. The number of hydrogen-bond donors (Lipinski definition) is 1. The van der Waals surface area contributed by atoms with Gasteiger partial charge in [-0.25, -0.2) is 0 Å². The third kappa shape index (κ3) is 4.08. The molecule has 2 aromatic rings. The number of nitriles is 1. The molecule has 0 saturated carbocycles. The van der Waals surface area contributed by atoms with E-state index in [1.165, 1.54) is 16.8 Å². The molecule has 0 heterocycles. The molecular formula is C18H21N3. The minimum atomic E-state index is 0.256. The van der Waals surface area contributed by atoms with Crippen LogP contribution in [0.3, 0.4) is 0 Å². The predicted octanol–water partition coefficient (Wildman–Crippen LogP) is 3.48. The Morgan fingerprint density at radius 1 is 1.05 bits per heavy atom. The SMILES string of the molecule is CC(NCc1ccc(N(C)C)cc1)c1ccc(C#N)cc1. The van der Waals surface area contributed by atoms with Crippen LogP contribution in [0.1, 0.15) is 29.7 Å². The summed E-state index contributed by atoms with van der Waals surface area (Å²) < 4.78 is 0. The zero-order chi connectivity index (χ0) is 15.2. The fourth-order valence-corrected chi connectivity index (χ4v) is 2.15. The van der Waals surface area contributed by atoms with E-state index in [-0.39, 0.29) is 6.04 Å². The predicted molar refractivity (Wildman–Crippen MR) is 87.2 cm³/mol. The third-order valence-electron chi connectivity index (χ3n) is 3.60. The lowest BCUT2D eigenvalue weighted by molar-refractivity contribution is 0.574. The van der Waals surface area contributed by atoms with Crippen molar-refractivity contribution in [2.24, 2.45) is 0 Å². The highest BCUT2D eigenvalue weighted by atomic mass is 15.1. The Morgan fingerprint density at radius 2 is 1.67 bits per heavy atom. The van der Waals surface area contributed by atoms with Crippen LogP contribution in [-0.2, 0) is 6.54 Å². The van der Waals surface area contributed by atoms with Gasteiger partial charge in [-0.3, -0.25) is 0 Å². The van der Waals surface area contributed by atoms with Crippen LogP contribution in [-0.4, -0.2) is 14.1 Å². The van der Waals surface area contributed by atoms with Gasteiger partial charge in [-0.05, 0) is 42.3 Å². The fraction of sp³-hybridized carbons (Fsp3) is 0.278. The van der Waals surface area contributed by atoms with Crippen LogP contribution in [0.4, 0.5) is 5.69 Å². The van der Waals surface area contributed by atoms with Gasteiger partial charge in [0.1, 0.15) is 0 Å². The van der Waals surface area contributed by atoms with Gasteiger partial charge >= 0.3 is 0 Å². The zero-order valence-electron chi connectivity index (χ0n) is 12.8. The average molecular weight is 279 g/mol. The van der Waals surface area contributed by atoms with E-state index < -0.39 is 0 Å². The van der Waals surface area contributed by atoms with E-state index in [0.29, 0.717) is 5.56 Å². The van der Waals surface area contributed by atoms with Crippen LogP contribution in [0.5, 0.6) is 0 Å². The number of benzene rings is 2. The Hall–Kier alpha value is -2.31. The summed E-state index contributed by atoms with van der Waals surface area (Å²) >= 11 is 0. The van der Waals surface area contributed by atoms with Crippen LogP contribution in [0.25, 0.3) is 0 Å². The summed E-state index contributed by atoms with van der Waals surface area (Å²) in [5.74, 6) is 0. The fourth-order valence-electron chi connectivity index (χ4n) is 2.15. The summed E-state index contributed by atoms with van der Waals surface area (Å²) in [6.45, 7) is 2.96. The molecule has 0 fully saturated rings. The molecule has 1 atom stereocenters. The summed E-state index contributed by atoms with van der Waals surface area (Å²) in [5, 5.41) is 12.3. The number of hydrogen-bond acceptors (Lipinski definition) is 3. The van der Waals surface area contributed by atoms with E-state index in [4.69, 9.17) is 5.26 Å². The Kier molecular flexibility index (Phi) is 4.97. The number of nitrogens with zero attached hydrogens (tertiary/aromatic N) is 2. The molecule has 0 radical (unpaired) electrons. The van der Waals surface area contributed by atoms with Gasteiger partial charge in [0.25, 0.3) is 0 Å². The van der Waals surface area contributed by atoms with Gasteiger partial charge in [-0.2, -0.15) is 5.26 Å². The van der Waals surface area contributed by atoms with Crippen LogP contribution in [0.15, 0.2) is 48.5 Å². The van der Waals surface area contributed by atoms with Crippen LogP contribution in [0, 0.1) is 11.3 Å². The summed E-state index contributed by atoms with van der Waals surface area (Å²) in [5.41, 5.74) is 4.36. The van der Waals surface area contributed by atoms with E-state index in [0.717, 1.165) is 6.54 Å². The average Bonchev–Trinajstić information content (AvgIpc) is 2.53. The van der Waals surface area contributed by atoms with E-state index >= 15 is 0 Å². The van der Waals surface area contributed by atoms with Gasteiger partial charge in [0.2, 0.25) is 0 Å². The molecule has 0 amide bonds. The molecule has 0 aliphatic heterocycles. The maximum Gasteiger partial charge on any atom is 0.0991 e. The van der Waals surface area contributed by atoms with Gasteiger partial charge in [-0.15, -0.1) is 0 Å². The minimum Gasteiger partial charge on any atom is -0.378 e. The molecule has 2 rings (SSSR count). The first-order chi connectivity index (χ1) is 10.1. The largest absolute Gasteiger partial charge is 0.378 e. The lowest BCUT2D eigenvalue weighted by atomic mass is 10.1. The smallest absolute Gasteiger partial charge is 0.0991 e. The van der Waals surface area contributed by atoms with Gasteiger partial charge in [0, 0.05) is 32.4 Å². The Labute approximate surface area is 126 Å². The highest BCUT2D eigenvalue weighted by molar-refractivity contribution is 5.46. The van der Waals surface area contributed by atoms with Crippen molar-refractivity contribution in [3.05, 3.63) is 65.2 Å². The maximum atomic E-state index is 8.81. The Morgan fingerprint density at radius 3 is 2.19 bits per heavy atom. The minimum absolute atomic E-state index is 0.256. The Bertz CT molecular complexity index is 606. The van der Waals surface area contributed by atoms with Crippen LogP contribution in [0.2, 0.25) is 0 Å². The molecule has 0 bridgehead atoms. The standard InChI is InChI=1S/C18H21N3/c1-14(17-8-4-15(12-19)5-9-17)20-13-16-6-10-18(11-7-16)21(2)3/h4-11,14,20H,13H2,1-3H3. The van der Waals surface area contributed by atoms with Gasteiger partial charge < -0.3 is 10.2 Å². The molecule has 0 spiro atoms. The van der Waals surface area contributed by atoms with E-state index in [9.17, 15) is 0 Å². The molecule has 3 heteroatoms. The third-order valence-corrected chi connectivity index (χ3v) is 3.60. The summed E-state index contributed by atoms with van der Waals surface area (Å²) in [4.78, 5) is 2.09. The zero-order valence-corrected chi connectivity index (χ0v) is 12.8. The molecule has 21 heavy (non-hydrogen) atoms. The van der Waals surface area contributed by atoms with Gasteiger partial charge in [0.05, 0.1) is 11.6 Å². The molecular weight excluding hydrogens is 258 g/mol. The first kappa shape index (κ1) is 15.1. The topological polar surface area (TPSA) is 39.1 Å². The van der Waals surface area contributed by atoms with Crippen LogP contribution >= 0.6 is 0 Å². The van der Waals surface area contributed by atoms with Crippen molar-refractivity contribution in [2.75, 3.05) is 19.0 Å². The molecule has 1 N–H and O–H groups in total. The van der Waals surface area contributed by atoms with E-state index in [1.54, 1.807) is 0 Å². The first-order valence-corrected chi connectivity index (χ1v) is 7.10. The molecule has 0 saturated heterocycles. The molecule has 3 nitrogen and oxygen atoms in total. The highest BCUT2D eigenvalue weighted by Gasteiger charge is 2.05. The Balaban J connectivity index is 1.93. The van der Waals surface area contributed by atoms with Crippen molar-refractivity contribution in [3.63, 3.8) is 0 Å². The van der Waals surface area contributed by atoms with E-state index in [1.807, 2.05) is 38.4 Å². The summed E-state index contributed by atoms with van der Waals surface area (Å²) in [6, 6.07) is 18.7. The molecule has 2 aromatic carbocycles. The molecule has 0 aliphatic carbocycles. The van der Waals surface area contributed by atoms with Crippen molar-refractivity contribution in [1.82, 2.24) is 5.32 Å². The summed E-state index contributed by atoms with van der Waals surface area (Å²) in [7, 11) is 4.08. The van der Waals surface area contributed by atoms with Crippen molar-refractivity contribution >= 4 is 5.69 Å². The molecule has 0 aliphatic rings. The van der Waals surface area contributed by atoms with Gasteiger partial charge in [-0.1, -0.05) is 24.3 Å². The quantitative estimate of drug-likeness (QED) is 0.910.